The van der Waals surface area contributed by atoms with E-state index < -0.39 is 0 Å². The first-order valence-electron chi connectivity index (χ1n) is 8.09. The van der Waals surface area contributed by atoms with Gasteiger partial charge in [-0.3, -0.25) is 0 Å². The van der Waals surface area contributed by atoms with Crippen molar-refractivity contribution >= 4 is 0 Å². The molecule has 0 aromatic heterocycles. The van der Waals surface area contributed by atoms with E-state index in [1.807, 2.05) is 0 Å². The maximum Gasteiger partial charge on any atom is 0.0613 e. The van der Waals surface area contributed by atoms with E-state index in [9.17, 15) is 0 Å². The van der Waals surface area contributed by atoms with Gasteiger partial charge in [0.15, 0.2) is 0 Å². The van der Waals surface area contributed by atoms with Crippen LogP contribution in [0.25, 0.3) is 0 Å². The van der Waals surface area contributed by atoms with Crippen molar-refractivity contribution in [2.75, 3.05) is 13.2 Å². The molecule has 1 fully saturated rings. The number of ether oxygens (including phenoxy) is 1. The SMILES string of the molecule is CCC1OCCC1CNCc1ccc(CC(C)C)cc1. The van der Waals surface area contributed by atoms with Gasteiger partial charge in [0.2, 0.25) is 0 Å². The summed E-state index contributed by atoms with van der Waals surface area (Å²) in [6, 6.07) is 9.05. The van der Waals surface area contributed by atoms with Gasteiger partial charge in [-0.15, -0.1) is 0 Å². The second kappa shape index (κ2) is 7.80. The van der Waals surface area contributed by atoms with Crippen molar-refractivity contribution in [3.63, 3.8) is 0 Å². The summed E-state index contributed by atoms with van der Waals surface area (Å²) in [6.07, 6.45) is 3.98. The van der Waals surface area contributed by atoms with Crippen LogP contribution in [-0.2, 0) is 17.7 Å². The van der Waals surface area contributed by atoms with Crippen LogP contribution in [0.2, 0.25) is 0 Å². The largest absolute Gasteiger partial charge is 0.378 e. The lowest BCUT2D eigenvalue weighted by Crippen LogP contribution is -2.27. The van der Waals surface area contributed by atoms with Crippen molar-refractivity contribution in [3.05, 3.63) is 35.4 Å². The van der Waals surface area contributed by atoms with Gasteiger partial charge in [0, 0.05) is 19.7 Å². The van der Waals surface area contributed by atoms with Gasteiger partial charge in [0.1, 0.15) is 0 Å². The summed E-state index contributed by atoms with van der Waals surface area (Å²) in [5.41, 5.74) is 2.82. The molecule has 1 aliphatic heterocycles. The minimum atomic E-state index is 0.468. The molecule has 2 heteroatoms. The van der Waals surface area contributed by atoms with Crippen molar-refractivity contribution in [2.45, 2.75) is 52.7 Å². The first kappa shape index (κ1) is 15.5. The average molecular weight is 275 g/mol. The first-order valence-corrected chi connectivity index (χ1v) is 8.09. The molecule has 20 heavy (non-hydrogen) atoms. The first-order chi connectivity index (χ1) is 9.69. The van der Waals surface area contributed by atoms with Crippen LogP contribution < -0.4 is 5.32 Å². The molecular weight excluding hydrogens is 246 g/mol. The predicted octanol–water partition coefficient (Wildman–Crippen LogP) is 3.79. The highest BCUT2D eigenvalue weighted by Gasteiger charge is 2.25. The van der Waals surface area contributed by atoms with Crippen LogP contribution >= 0.6 is 0 Å². The minimum Gasteiger partial charge on any atom is -0.378 e. The van der Waals surface area contributed by atoms with Gasteiger partial charge in [-0.25, -0.2) is 0 Å². The van der Waals surface area contributed by atoms with Gasteiger partial charge < -0.3 is 10.1 Å². The molecule has 0 radical (unpaired) electrons. The third kappa shape index (κ3) is 4.60. The lowest BCUT2D eigenvalue weighted by Gasteiger charge is -2.17. The van der Waals surface area contributed by atoms with Gasteiger partial charge >= 0.3 is 0 Å². The zero-order valence-electron chi connectivity index (χ0n) is 13.2. The molecule has 1 aromatic carbocycles. The molecule has 0 bridgehead atoms. The standard InChI is InChI=1S/C18H29NO/c1-4-18-17(9-10-20-18)13-19-12-16-7-5-15(6-8-16)11-14(2)3/h5-8,14,17-19H,4,9-13H2,1-3H3. The molecular formula is C18H29NO. The Morgan fingerprint density at radius 3 is 2.55 bits per heavy atom. The van der Waals surface area contributed by atoms with Gasteiger partial charge in [0.25, 0.3) is 0 Å². The Kier molecular flexibility index (Phi) is 6.06. The quantitative estimate of drug-likeness (QED) is 0.817. The molecule has 2 unspecified atom stereocenters. The van der Waals surface area contributed by atoms with Crippen molar-refractivity contribution in [2.24, 2.45) is 11.8 Å². The van der Waals surface area contributed by atoms with Crippen LogP contribution in [0.3, 0.4) is 0 Å². The second-order valence-electron chi connectivity index (χ2n) is 6.41. The Labute approximate surface area is 123 Å². The number of rotatable bonds is 7. The van der Waals surface area contributed by atoms with Gasteiger partial charge in [-0.05, 0) is 42.2 Å². The van der Waals surface area contributed by atoms with Crippen LogP contribution in [0.1, 0.15) is 44.7 Å². The summed E-state index contributed by atoms with van der Waals surface area (Å²) in [5, 5.41) is 3.59. The highest BCUT2D eigenvalue weighted by atomic mass is 16.5. The van der Waals surface area contributed by atoms with E-state index in [0.29, 0.717) is 12.0 Å². The molecule has 2 rings (SSSR count). The van der Waals surface area contributed by atoms with E-state index in [-0.39, 0.29) is 0 Å². The van der Waals surface area contributed by atoms with Crippen LogP contribution in [0.15, 0.2) is 24.3 Å². The fourth-order valence-corrected chi connectivity index (χ4v) is 3.04. The van der Waals surface area contributed by atoms with Gasteiger partial charge in [-0.2, -0.15) is 0 Å². The monoisotopic (exact) mass is 275 g/mol. The highest BCUT2D eigenvalue weighted by molar-refractivity contribution is 5.22. The molecule has 112 valence electrons. The highest BCUT2D eigenvalue weighted by Crippen LogP contribution is 2.22. The van der Waals surface area contributed by atoms with Crippen LogP contribution in [-0.4, -0.2) is 19.3 Å². The summed E-state index contributed by atoms with van der Waals surface area (Å²) in [7, 11) is 0. The summed E-state index contributed by atoms with van der Waals surface area (Å²) in [6.45, 7) is 9.74. The summed E-state index contributed by atoms with van der Waals surface area (Å²) in [5.74, 6) is 1.42. The molecule has 0 spiro atoms. The van der Waals surface area contributed by atoms with E-state index in [1.54, 1.807) is 0 Å². The molecule has 1 aromatic rings. The van der Waals surface area contributed by atoms with Crippen molar-refractivity contribution in [3.8, 4) is 0 Å². The number of nitrogens with one attached hydrogen (secondary N) is 1. The Balaban J connectivity index is 1.74. The fourth-order valence-electron chi connectivity index (χ4n) is 3.04. The minimum absolute atomic E-state index is 0.468. The Morgan fingerprint density at radius 1 is 1.20 bits per heavy atom. The number of hydrogen-bond acceptors (Lipinski definition) is 2. The summed E-state index contributed by atoms with van der Waals surface area (Å²) >= 11 is 0. The normalized spacial score (nSPS) is 22.6. The zero-order chi connectivity index (χ0) is 14.4. The van der Waals surface area contributed by atoms with Crippen LogP contribution in [0.5, 0.6) is 0 Å². The summed E-state index contributed by atoms with van der Waals surface area (Å²) in [4.78, 5) is 0. The molecule has 2 nitrogen and oxygen atoms in total. The average Bonchev–Trinajstić information content (AvgIpc) is 2.87. The number of benzene rings is 1. The molecule has 1 heterocycles. The number of hydrogen-bond donors (Lipinski definition) is 1. The van der Waals surface area contributed by atoms with Crippen LogP contribution in [0, 0.1) is 11.8 Å². The van der Waals surface area contributed by atoms with E-state index in [0.717, 1.165) is 32.0 Å². The molecule has 0 amide bonds. The molecule has 1 saturated heterocycles. The Hall–Kier alpha value is -0.860. The predicted molar refractivity (Wildman–Crippen MR) is 84.8 cm³/mol. The van der Waals surface area contributed by atoms with Gasteiger partial charge in [-0.1, -0.05) is 45.0 Å². The molecule has 0 saturated carbocycles. The Morgan fingerprint density at radius 2 is 1.90 bits per heavy atom. The molecule has 2 atom stereocenters. The zero-order valence-corrected chi connectivity index (χ0v) is 13.2. The smallest absolute Gasteiger partial charge is 0.0613 e. The lowest BCUT2D eigenvalue weighted by molar-refractivity contribution is 0.0872. The fraction of sp³-hybridized carbons (Fsp3) is 0.667. The maximum absolute atomic E-state index is 5.73. The molecule has 0 aliphatic carbocycles. The molecule has 1 aliphatic rings. The van der Waals surface area contributed by atoms with E-state index in [4.69, 9.17) is 4.74 Å². The van der Waals surface area contributed by atoms with Crippen molar-refractivity contribution in [1.29, 1.82) is 0 Å². The Bertz CT molecular complexity index is 385. The van der Waals surface area contributed by atoms with Crippen molar-refractivity contribution < 1.29 is 4.74 Å². The van der Waals surface area contributed by atoms with E-state index in [1.165, 1.54) is 24.0 Å². The molecule has 1 N–H and O–H groups in total. The maximum atomic E-state index is 5.73. The summed E-state index contributed by atoms with van der Waals surface area (Å²) < 4.78 is 5.73. The third-order valence-electron chi connectivity index (χ3n) is 4.15. The van der Waals surface area contributed by atoms with Crippen molar-refractivity contribution in [1.82, 2.24) is 5.32 Å². The topological polar surface area (TPSA) is 21.3 Å². The van der Waals surface area contributed by atoms with Crippen LogP contribution in [0.4, 0.5) is 0 Å². The second-order valence-corrected chi connectivity index (χ2v) is 6.41. The third-order valence-corrected chi connectivity index (χ3v) is 4.15. The lowest BCUT2D eigenvalue weighted by atomic mass is 9.99. The van der Waals surface area contributed by atoms with E-state index in [2.05, 4.69) is 50.4 Å². The van der Waals surface area contributed by atoms with Gasteiger partial charge in [0.05, 0.1) is 6.10 Å². The van der Waals surface area contributed by atoms with E-state index >= 15 is 0 Å².